The zero-order chi connectivity index (χ0) is 18.8. The van der Waals surface area contributed by atoms with Gasteiger partial charge in [-0.25, -0.2) is 14.4 Å². The minimum Gasteiger partial charge on any atom is -0.451 e. The third-order valence-corrected chi connectivity index (χ3v) is 4.44. The summed E-state index contributed by atoms with van der Waals surface area (Å²) < 4.78 is 5.03. The molecule has 0 radical (unpaired) electrons. The Kier molecular flexibility index (Phi) is 9.11. The molecule has 0 unspecified atom stereocenters. The lowest BCUT2D eigenvalue weighted by Crippen LogP contribution is -2.49. The number of esters is 1. The number of nitrogens with one attached hydrogen (secondary N) is 3. The second-order valence-corrected chi connectivity index (χ2v) is 6.85. The number of hydrogen-bond donors (Lipinski definition) is 4. The molecule has 0 aliphatic heterocycles. The van der Waals surface area contributed by atoms with Crippen LogP contribution in [0.1, 0.15) is 39.0 Å². The minimum atomic E-state index is -1.17. The standard InChI is InChI=1S/C15H26N4O5S/c1-9(12(20)19-15(23)17-10-5-3-4-6-10)24-13(21)11(7-8-25-2)18-14(16)22/h9-11H,3-8H2,1-2H3,(H3,16,18,22)(H2,17,19,20,23)/t9-,11+/m0/s1. The molecule has 142 valence electrons. The highest BCUT2D eigenvalue weighted by Crippen LogP contribution is 2.17. The quantitative estimate of drug-likeness (QED) is 0.456. The number of carbonyl (C=O) groups excluding carboxylic acids is 4. The largest absolute Gasteiger partial charge is 0.451 e. The van der Waals surface area contributed by atoms with Gasteiger partial charge in [0.05, 0.1) is 0 Å². The molecule has 1 aliphatic carbocycles. The van der Waals surface area contributed by atoms with Gasteiger partial charge in [0.1, 0.15) is 6.04 Å². The van der Waals surface area contributed by atoms with E-state index < -0.39 is 36.1 Å². The van der Waals surface area contributed by atoms with Crippen LogP contribution in [-0.4, -0.2) is 54.1 Å². The number of nitrogens with two attached hydrogens (primary N) is 1. The van der Waals surface area contributed by atoms with E-state index >= 15 is 0 Å². The van der Waals surface area contributed by atoms with Crippen LogP contribution in [0.2, 0.25) is 0 Å². The lowest BCUT2D eigenvalue weighted by atomic mass is 10.2. The van der Waals surface area contributed by atoms with Gasteiger partial charge >= 0.3 is 18.0 Å². The summed E-state index contributed by atoms with van der Waals surface area (Å²) in [4.78, 5) is 46.8. The second-order valence-electron chi connectivity index (χ2n) is 5.87. The van der Waals surface area contributed by atoms with Crippen LogP contribution in [0.4, 0.5) is 9.59 Å². The number of ether oxygens (including phenoxy) is 1. The average molecular weight is 374 g/mol. The van der Waals surface area contributed by atoms with E-state index in [-0.39, 0.29) is 6.04 Å². The van der Waals surface area contributed by atoms with Crippen LogP contribution in [0, 0.1) is 0 Å². The van der Waals surface area contributed by atoms with Crippen LogP contribution >= 0.6 is 11.8 Å². The molecule has 0 aromatic heterocycles. The molecule has 1 aliphatic rings. The highest BCUT2D eigenvalue weighted by Gasteiger charge is 2.27. The van der Waals surface area contributed by atoms with Gasteiger partial charge in [0.25, 0.3) is 5.91 Å². The summed E-state index contributed by atoms with van der Waals surface area (Å²) >= 11 is 1.49. The van der Waals surface area contributed by atoms with Gasteiger partial charge in [0, 0.05) is 6.04 Å². The molecule has 0 aromatic rings. The number of primary amides is 1. The molecule has 2 atom stereocenters. The zero-order valence-electron chi connectivity index (χ0n) is 14.5. The van der Waals surface area contributed by atoms with E-state index in [0.717, 1.165) is 25.7 Å². The molecular formula is C15H26N4O5S. The first-order valence-corrected chi connectivity index (χ1v) is 9.59. The third-order valence-electron chi connectivity index (χ3n) is 3.80. The predicted octanol–water partition coefficient (Wildman–Crippen LogP) is 0.477. The molecule has 1 fully saturated rings. The van der Waals surface area contributed by atoms with Crippen molar-refractivity contribution in [1.82, 2.24) is 16.0 Å². The lowest BCUT2D eigenvalue weighted by molar-refractivity contribution is -0.156. The Morgan fingerprint density at radius 1 is 1.24 bits per heavy atom. The van der Waals surface area contributed by atoms with E-state index in [2.05, 4.69) is 16.0 Å². The van der Waals surface area contributed by atoms with Crippen molar-refractivity contribution in [1.29, 1.82) is 0 Å². The van der Waals surface area contributed by atoms with E-state index in [0.29, 0.717) is 12.2 Å². The molecule has 1 rings (SSSR count). The van der Waals surface area contributed by atoms with Crippen molar-refractivity contribution < 1.29 is 23.9 Å². The molecule has 9 nitrogen and oxygen atoms in total. The van der Waals surface area contributed by atoms with Crippen molar-refractivity contribution in [3.63, 3.8) is 0 Å². The summed E-state index contributed by atoms with van der Waals surface area (Å²) in [6.07, 6.45) is 4.89. The van der Waals surface area contributed by atoms with E-state index in [4.69, 9.17) is 10.5 Å². The summed E-state index contributed by atoms with van der Waals surface area (Å²) in [6.45, 7) is 1.35. The maximum Gasteiger partial charge on any atom is 0.329 e. The number of urea groups is 2. The topological polar surface area (TPSA) is 140 Å². The number of thioether (sulfide) groups is 1. The first kappa shape index (κ1) is 21.1. The maximum absolute atomic E-state index is 12.1. The summed E-state index contributed by atoms with van der Waals surface area (Å²) in [5.74, 6) is -0.900. The Morgan fingerprint density at radius 2 is 1.88 bits per heavy atom. The van der Waals surface area contributed by atoms with E-state index in [1.165, 1.54) is 18.7 Å². The van der Waals surface area contributed by atoms with E-state index in [1.807, 2.05) is 6.26 Å². The fraction of sp³-hybridized carbons (Fsp3) is 0.733. The number of carbonyl (C=O) groups is 4. The molecule has 10 heteroatoms. The normalized spacial score (nSPS) is 16.6. The van der Waals surface area contributed by atoms with Crippen LogP contribution in [0.25, 0.3) is 0 Å². The first-order chi connectivity index (χ1) is 11.8. The Hall–Kier alpha value is -1.97. The van der Waals surface area contributed by atoms with Gasteiger partial charge in [-0.05, 0) is 38.2 Å². The third kappa shape index (κ3) is 8.10. The molecule has 0 saturated heterocycles. The number of imide groups is 1. The van der Waals surface area contributed by atoms with Crippen LogP contribution in [0.3, 0.4) is 0 Å². The Bertz CT molecular complexity index is 496. The summed E-state index contributed by atoms with van der Waals surface area (Å²) in [6, 6.07) is -2.32. The monoisotopic (exact) mass is 374 g/mol. The summed E-state index contributed by atoms with van der Waals surface area (Å²) in [5.41, 5.74) is 5.04. The van der Waals surface area contributed by atoms with Gasteiger partial charge < -0.3 is 21.1 Å². The van der Waals surface area contributed by atoms with Crippen molar-refractivity contribution in [2.24, 2.45) is 5.73 Å². The molecule has 1 saturated carbocycles. The molecule has 5 amide bonds. The van der Waals surface area contributed by atoms with Crippen molar-refractivity contribution in [3.8, 4) is 0 Å². The average Bonchev–Trinajstić information content (AvgIpc) is 3.03. The Morgan fingerprint density at radius 3 is 2.44 bits per heavy atom. The maximum atomic E-state index is 12.1. The van der Waals surface area contributed by atoms with E-state index in [9.17, 15) is 19.2 Å². The van der Waals surface area contributed by atoms with Gasteiger partial charge in [-0.1, -0.05) is 12.8 Å². The summed E-state index contributed by atoms with van der Waals surface area (Å²) in [7, 11) is 0. The van der Waals surface area contributed by atoms with Crippen molar-refractivity contribution in [2.45, 2.75) is 57.2 Å². The van der Waals surface area contributed by atoms with Crippen molar-refractivity contribution in [2.75, 3.05) is 12.0 Å². The fourth-order valence-electron chi connectivity index (χ4n) is 2.47. The van der Waals surface area contributed by atoms with Crippen LogP contribution in [0.5, 0.6) is 0 Å². The molecule has 0 aromatic carbocycles. The number of hydrogen-bond acceptors (Lipinski definition) is 6. The zero-order valence-corrected chi connectivity index (χ0v) is 15.3. The van der Waals surface area contributed by atoms with Crippen LogP contribution in [0.15, 0.2) is 0 Å². The molecule has 5 N–H and O–H groups in total. The van der Waals surface area contributed by atoms with Gasteiger partial charge in [-0.3, -0.25) is 10.1 Å². The molecular weight excluding hydrogens is 348 g/mol. The molecule has 0 spiro atoms. The van der Waals surface area contributed by atoms with Crippen LogP contribution in [-0.2, 0) is 14.3 Å². The molecule has 0 heterocycles. The lowest BCUT2D eigenvalue weighted by Gasteiger charge is -2.19. The minimum absolute atomic E-state index is 0.0707. The van der Waals surface area contributed by atoms with Gasteiger partial charge in [0.2, 0.25) is 0 Å². The Balaban J connectivity index is 2.45. The van der Waals surface area contributed by atoms with Gasteiger partial charge in [0.15, 0.2) is 6.10 Å². The van der Waals surface area contributed by atoms with Crippen molar-refractivity contribution in [3.05, 3.63) is 0 Å². The second kappa shape index (κ2) is 10.8. The molecule has 25 heavy (non-hydrogen) atoms. The highest BCUT2D eigenvalue weighted by molar-refractivity contribution is 7.98. The Labute approximate surface area is 151 Å². The smallest absolute Gasteiger partial charge is 0.329 e. The number of rotatable bonds is 8. The van der Waals surface area contributed by atoms with Gasteiger partial charge in [-0.15, -0.1) is 0 Å². The molecule has 0 bridgehead atoms. The van der Waals surface area contributed by atoms with E-state index in [1.54, 1.807) is 0 Å². The highest BCUT2D eigenvalue weighted by atomic mass is 32.2. The number of amides is 5. The van der Waals surface area contributed by atoms with Gasteiger partial charge in [-0.2, -0.15) is 11.8 Å². The summed E-state index contributed by atoms with van der Waals surface area (Å²) in [5, 5.41) is 7.15. The fourth-order valence-corrected chi connectivity index (χ4v) is 2.94. The van der Waals surface area contributed by atoms with Crippen molar-refractivity contribution >= 4 is 35.7 Å². The first-order valence-electron chi connectivity index (χ1n) is 8.20. The van der Waals surface area contributed by atoms with Crippen LogP contribution < -0.4 is 21.7 Å². The SMILES string of the molecule is CSCC[C@@H](NC(N)=O)C(=O)O[C@@H](C)C(=O)NC(=O)NC1CCCC1. The predicted molar refractivity (Wildman–Crippen MR) is 94.0 cm³/mol.